The second-order valence-corrected chi connectivity index (χ2v) is 5.51. The van der Waals surface area contributed by atoms with Gasteiger partial charge >= 0.3 is 0 Å². The summed E-state index contributed by atoms with van der Waals surface area (Å²) in [7, 11) is 0. The maximum Gasteiger partial charge on any atom is 0.173 e. The van der Waals surface area contributed by atoms with E-state index in [0.717, 1.165) is 6.42 Å². The first kappa shape index (κ1) is 14.8. The number of hydrogen-bond acceptors (Lipinski definition) is 3. The van der Waals surface area contributed by atoms with E-state index in [1.54, 1.807) is 12.1 Å². The predicted molar refractivity (Wildman–Crippen MR) is 77.2 cm³/mol. The lowest BCUT2D eigenvalue weighted by Crippen LogP contribution is -2.37. The van der Waals surface area contributed by atoms with E-state index in [-0.39, 0.29) is 11.4 Å². The topological polar surface area (TPSA) is 70.6 Å². The molecule has 20 heavy (non-hydrogen) atoms. The molecule has 2 rings (SSSR count). The van der Waals surface area contributed by atoms with Crippen LogP contribution in [0.1, 0.15) is 43.7 Å². The van der Waals surface area contributed by atoms with Gasteiger partial charge in [0.2, 0.25) is 0 Å². The average molecular weight is 279 g/mol. The van der Waals surface area contributed by atoms with Crippen molar-refractivity contribution in [1.82, 2.24) is 5.32 Å². The van der Waals surface area contributed by atoms with Crippen LogP contribution < -0.4 is 11.1 Å². The molecule has 1 aliphatic rings. The third-order valence-corrected chi connectivity index (χ3v) is 4.13. The highest BCUT2D eigenvalue weighted by atomic mass is 19.1. The number of hydrogen-bond donors (Lipinski definition) is 3. The highest BCUT2D eigenvalue weighted by molar-refractivity contribution is 5.97. The molecule has 1 fully saturated rings. The maximum absolute atomic E-state index is 14.2. The molecule has 0 radical (unpaired) electrons. The Morgan fingerprint density at radius 1 is 1.45 bits per heavy atom. The zero-order chi connectivity index (χ0) is 14.5. The van der Waals surface area contributed by atoms with Crippen molar-refractivity contribution in [2.75, 3.05) is 0 Å². The highest BCUT2D eigenvalue weighted by Crippen LogP contribution is 2.24. The SMILES string of the molecule is CC1CCCCC1NCc1cccc(/C(N)=N/O)c1F. The van der Waals surface area contributed by atoms with Gasteiger partial charge in [0.15, 0.2) is 5.84 Å². The first-order chi connectivity index (χ1) is 9.63. The first-order valence-electron chi connectivity index (χ1n) is 7.12. The van der Waals surface area contributed by atoms with Crippen molar-refractivity contribution in [3.8, 4) is 0 Å². The number of nitrogens with two attached hydrogens (primary N) is 1. The van der Waals surface area contributed by atoms with E-state index >= 15 is 0 Å². The summed E-state index contributed by atoms with van der Waals surface area (Å²) in [6.07, 6.45) is 4.88. The van der Waals surface area contributed by atoms with Crippen LogP contribution in [-0.4, -0.2) is 17.1 Å². The van der Waals surface area contributed by atoms with E-state index < -0.39 is 5.82 Å². The van der Waals surface area contributed by atoms with E-state index in [0.29, 0.717) is 24.1 Å². The van der Waals surface area contributed by atoms with Gasteiger partial charge in [0.25, 0.3) is 0 Å². The minimum Gasteiger partial charge on any atom is -0.409 e. The molecular formula is C15H22FN3O. The fourth-order valence-electron chi connectivity index (χ4n) is 2.83. The number of rotatable bonds is 4. The summed E-state index contributed by atoms with van der Waals surface area (Å²) < 4.78 is 14.2. The molecule has 2 unspecified atom stereocenters. The van der Waals surface area contributed by atoms with Crippen LogP contribution in [0.5, 0.6) is 0 Å². The molecule has 0 heterocycles. The van der Waals surface area contributed by atoms with E-state index in [4.69, 9.17) is 10.9 Å². The summed E-state index contributed by atoms with van der Waals surface area (Å²) in [4.78, 5) is 0. The van der Waals surface area contributed by atoms with Gasteiger partial charge in [-0.15, -0.1) is 0 Å². The fraction of sp³-hybridized carbons (Fsp3) is 0.533. The number of amidine groups is 1. The van der Waals surface area contributed by atoms with Crippen LogP contribution in [0.25, 0.3) is 0 Å². The van der Waals surface area contributed by atoms with Gasteiger partial charge in [-0.3, -0.25) is 0 Å². The van der Waals surface area contributed by atoms with Crippen LogP contribution in [-0.2, 0) is 6.54 Å². The normalized spacial score (nSPS) is 23.8. The lowest BCUT2D eigenvalue weighted by atomic mass is 9.86. The molecule has 4 nitrogen and oxygen atoms in total. The minimum absolute atomic E-state index is 0.142. The van der Waals surface area contributed by atoms with E-state index in [1.807, 2.05) is 0 Å². The van der Waals surface area contributed by atoms with Gasteiger partial charge in [-0.2, -0.15) is 0 Å². The Balaban J connectivity index is 2.06. The molecule has 110 valence electrons. The van der Waals surface area contributed by atoms with Gasteiger partial charge in [0.1, 0.15) is 5.82 Å². The van der Waals surface area contributed by atoms with Crippen LogP contribution in [0.15, 0.2) is 23.4 Å². The largest absolute Gasteiger partial charge is 0.409 e. The van der Waals surface area contributed by atoms with Gasteiger partial charge < -0.3 is 16.3 Å². The van der Waals surface area contributed by atoms with Crippen LogP contribution in [0.3, 0.4) is 0 Å². The molecule has 5 heteroatoms. The Morgan fingerprint density at radius 2 is 2.20 bits per heavy atom. The second kappa shape index (κ2) is 6.70. The minimum atomic E-state index is -0.418. The Bertz CT molecular complexity index is 490. The molecule has 0 aromatic heterocycles. The van der Waals surface area contributed by atoms with Crippen LogP contribution in [0.4, 0.5) is 4.39 Å². The maximum atomic E-state index is 14.2. The van der Waals surface area contributed by atoms with Crippen LogP contribution in [0, 0.1) is 11.7 Å². The number of nitrogens with one attached hydrogen (secondary N) is 1. The lowest BCUT2D eigenvalue weighted by molar-refractivity contribution is 0.278. The van der Waals surface area contributed by atoms with Gasteiger partial charge in [-0.05, 0) is 24.8 Å². The standard InChI is InChI=1S/C15H22FN3O/c1-10-5-2-3-8-13(10)18-9-11-6-4-7-12(14(11)16)15(17)19-20/h4,6-7,10,13,18,20H,2-3,5,8-9H2,1H3,(H2,17,19). The third-order valence-electron chi connectivity index (χ3n) is 4.13. The molecule has 1 aromatic rings. The van der Waals surface area contributed by atoms with Crippen molar-refractivity contribution in [2.24, 2.45) is 16.8 Å². The number of benzene rings is 1. The van der Waals surface area contributed by atoms with Crippen molar-refractivity contribution in [3.05, 3.63) is 35.1 Å². The monoisotopic (exact) mass is 279 g/mol. The third kappa shape index (κ3) is 3.28. The molecule has 1 aliphatic carbocycles. The summed E-state index contributed by atoms with van der Waals surface area (Å²) in [5.41, 5.74) is 6.15. The molecule has 2 atom stereocenters. The van der Waals surface area contributed by atoms with E-state index in [2.05, 4.69) is 17.4 Å². The van der Waals surface area contributed by atoms with Crippen molar-refractivity contribution in [1.29, 1.82) is 0 Å². The van der Waals surface area contributed by atoms with Gasteiger partial charge in [-0.1, -0.05) is 37.1 Å². The number of oxime groups is 1. The Morgan fingerprint density at radius 3 is 2.90 bits per heavy atom. The molecule has 0 amide bonds. The average Bonchev–Trinajstić information content (AvgIpc) is 2.47. The van der Waals surface area contributed by atoms with Crippen molar-refractivity contribution >= 4 is 5.84 Å². The Kier molecular flexibility index (Phi) is 4.95. The number of halogens is 1. The van der Waals surface area contributed by atoms with Gasteiger partial charge in [0, 0.05) is 18.2 Å². The molecule has 0 spiro atoms. The smallest absolute Gasteiger partial charge is 0.173 e. The van der Waals surface area contributed by atoms with E-state index in [9.17, 15) is 4.39 Å². The molecule has 0 aliphatic heterocycles. The second-order valence-electron chi connectivity index (χ2n) is 5.51. The van der Waals surface area contributed by atoms with Gasteiger partial charge in [0.05, 0.1) is 5.56 Å². The number of nitrogens with zero attached hydrogens (tertiary/aromatic N) is 1. The first-order valence-corrected chi connectivity index (χ1v) is 7.12. The summed E-state index contributed by atoms with van der Waals surface area (Å²) in [5.74, 6) is 0.00761. The summed E-state index contributed by atoms with van der Waals surface area (Å²) in [5, 5.41) is 14.9. The Hall–Kier alpha value is -1.62. The molecule has 1 saturated carbocycles. The molecule has 1 aromatic carbocycles. The van der Waals surface area contributed by atoms with Crippen molar-refractivity contribution < 1.29 is 9.60 Å². The summed E-state index contributed by atoms with van der Waals surface area (Å²) in [6, 6.07) is 5.40. The van der Waals surface area contributed by atoms with Crippen molar-refractivity contribution in [2.45, 2.75) is 45.2 Å². The molecule has 0 bridgehead atoms. The lowest BCUT2D eigenvalue weighted by Gasteiger charge is -2.29. The Labute approximate surface area is 118 Å². The van der Waals surface area contributed by atoms with E-state index in [1.165, 1.54) is 25.3 Å². The van der Waals surface area contributed by atoms with Crippen molar-refractivity contribution in [3.63, 3.8) is 0 Å². The zero-order valence-corrected chi connectivity index (χ0v) is 11.8. The highest BCUT2D eigenvalue weighted by Gasteiger charge is 2.21. The quantitative estimate of drug-likeness (QED) is 0.343. The molecule has 4 N–H and O–H groups in total. The molecular weight excluding hydrogens is 257 g/mol. The van der Waals surface area contributed by atoms with Gasteiger partial charge in [-0.25, -0.2) is 4.39 Å². The van der Waals surface area contributed by atoms with Crippen LogP contribution in [0.2, 0.25) is 0 Å². The zero-order valence-electron chi connectivity index (χ0n) is 11.8. The summed E-state index contributed by atoms with van der Waals surface area (Å²) >= 11 is 0. The predicted octanol–water partition coefficient (Wildman–Crippen LogP) is 2.59. The fourth-order valence-corrected chi connectivity index (χ4v) is 2.83. The summed E-state index contributed by atoms with van der Waals surface area (Å²) in [6.45, 7) is 2.70. The molecule has 0 saturated heterocycles. The van der Waals surface area contributed by atoms with Crippen LogP contribution >= 0.6 is 0 Å².